The SMILES string of the molecule is O=C(C[n+]1c(C(=O)CF)ccc2ccccc21)c1ccccc1. The first-order valence-corrected chi connectivity index (χ1v) is 7.29. The Kier molecular flexibility index (Phi) is 4.24. The van der Waals surface area contributed by atoms with Crippen LogP contribution >= 0.6 is 0 Å². The third kappa shape index (κ3) is 3.01. The van der Waals surface area contributed by atoms with Crippen LogP contribution in [0.25, 0.3) is 10.9 Å². The molecular weight excluding hydrogens is 293 g/mol. The summed E-state index contributed by atoms with van der Waals surface area (Å²) in [5.74, 6) is -0.753. The number of nitrogens with zero attached hydrogens (tertiary/aromatic N) is 1. The minimum atomic E-state index is -1.09. The van der Waals surface area contributed by atoms with Gasteiger partial charge in [-0.15, -0.1) is 0 Å². The quantitative estimate of drug-likeness (QED) is 0.536. The van der Waals surface area contributed by atoms with Gasteiger partial charge in [-0.1, -0.05) is 42.5 Å². The van der Waals surface area contributed by atoms with Crippen LogP contribution in [0.15, 0.2) is 66.7 Å². The highest BCUT2D eigenvalue weighted by atomic mass is 19.1. The first-order valence-electron chi connectivity index (χ1n) is 7.29. The first kappa shape index (κ1) is 15.0. The molecule has 0 fully saturated rings. The second-order valence-electron chi connectivity index (χ2n) is 5.21. The fourth-order valence-corrected chi connectivity index (χ4v) is 2.60. The molecule has 3 rings (SSSR count). The molecule has 0 atom stereocenters. The van der Waals surface area contributed by atoms with E-state index in [1.165, 1.54) is 0 Å². The Morgan fingerprint density at radius 2 is 1.52 bits per heavy atom. The van der Waals surface area contributed by atoms with Crippen LogP contribution in [0.3, 0.4) is 0 Å². The Morgan fingerprint density at radius 1 is 0.826 bits per heavy atom. The molecule has 3 nitrogen and oxygen atoms in total. The second kappa shape index (κ2) is 6.48. The molecule has 0 aliphatic rings. The van der Waals surface area contributed by atoms with Gasteiger partial charge in [0, 0.05) is 23.1 Å². The average Bonchev–Trinajstić information content (AvgIpc) is 2.62. The maximum absolute atomic E-state index is 12.9. The normalized spacial score (nSPS) is 10.7. The first-order chi connectivity index (χ1) is 11.2. The molecule has 3 aromatic rings. The standard InChI is InChI=1S/C19H15FNO2/c20-12-18(22)17-11-10-14-6-4-5-9-16(14)21(17)13-19(23)15-7-2-1-3-8-15/h1-11H,12-13H2/q+1. The molecule has 0 aliphatic heterocycles. The van der Waals surface area contributed by atoms with Crippen LogP contribution in [-0.4, -0.2) is 18.2 Å². The summed E-state index contributed by atoms with van der Waals surface area (Å²) in [5, 5.41) is 0.892. The van der Waals surface area contributed by atoms with Crippen molar-refractivity contribution >= 4 is 22.5 Å². The summed E-state index contributed by atoms with van der Waals surface area (Å²) in [6.07, 6.45) is 0. The lowest BCUT2D eigenvalue weighted by Crippen LogP contribution is -2.44. The Morgan fingerprint density at radius 3 is 2.26 bits per heavy atom. The van der Waals surface area contributed by atoms with Crippen molar-refractivity contribution in [1.29, 1.82) is 0 Å². The van der Waals surface area contributed by atoms with Gasteiger partial charge in [0.15, 0.2) is 6.67 Å². The molecule has 0 saturated carbocycles. The lowest BCUT2D eigenvalue weighted by Gasteiger charge is -2.05. The maximum atomic E-state index is 12.9. The number of rotatable bonds is 5. The molecule has 2 aromatic carbocycles. The van der Waals surface area contributed by atoms with Crippen molar-refractivity contribution in [2.24, 2.45) is 0 Å². The van der Waals surface area contributed by atoms with Crippen LogP contribution in [0.1, 0.15) is 20.8 Å². The van der Waals surface area contributed by atoms with Gasteiger partial charge in [-0.05, 0) is 12.1 Å². The van der Waals surface area contributed by atoms with E-state index in [1.807, 2.05) is 30.3 Å². The van der Waals surface area contributed by atoms with Crippen molar-refractivity contribution in [2.45, 2.75) is 6.54 Å². The number of carbonyl (C=O) groups is 2. The van der Waals surface area contributed by atoms with E-state index in [0.717, 1.165) is 10.9 Å². The molecule has 0 aliphatic carbocycles. The van der Waals surface area contributed by atoms with Crippen molar-refractivity contribution < 1.29 is 18.5 Å². The van der Waals surface area contributed by atoms with E-state index < -0.39 is 12.5 Å². The Balaban J connectivity index is 2.10. The molecule has 114 valence electrons. The molecule has 23 heavy (non-hydrogen) atoms. The lowest BCUT2D eigenvalue weighted by atomic mass is 10.1. The number of aromatic nitrogens is 1. The van der Waals surface area contributed by atoms with E-state index in [0.29, 0.717) is 5.56 Å². The summed E-state index contributed by atoms with van der Waals surface area (Å²) in [6.45, 7) is -1.09. The summed E-state index contributed by atoms with van der Waals surface area (Å²) in [6, 6.07) is 19.6. The molecule has 0 bridgehead atoms. The van der Waals surface area contributed by atoms with Gasteiger partial charge in [0.1, 0.15) is 0 Å². The van der Waals surface area contributed by atoms with Gasteiger partial charge in [-0.2, -0.15) is 4.57 Å². The van der Waals surface area contributed by atoms with E-state index in [4.69, 9.17) is 0 Å². The fourth-order valence-electron chi connectivity index (χ4n) is 2.60. The topological polar surface area (TPSA) is 38.0 Å². The largest absolute Gasteiger partial charge is 0.287 e. The number of benzene rings is 2. The lowest BCUT2D eigenvalue weighted by molar-refractivity contribution is -0.659. The van der Waals surface area contributed by atoms with Gasteiger partial charge < -0.3 is 0 Å². The van der Waals surface area contributed by atoms with Crippen LogP contribution in [0.2, 0.25) is 0 Å². The van der Waals surface area contributed by atoms with E-state index >= 15 is 0 Å². The van der Waals surface area contributed by atoms with Crippen LogP contribution in [0, 0.1) is 0 Å². The second-order valence-corrected chi connectivity index (χ2v) is 5.21. The predicted molar refractivity (Wildman–Crippen MR) is 85.2 cm³/mol. The van der Waals surface area contributed by atoms with Crippen LogP contribution in [0.5, 0.6) is 0 Å². The summed E-state index contributed by atoms with van der Waals surface area (Å²) in [7, 11) is 0. The smallest absolute Gasteiger partial charge is 0.257 e. The number of carbonyl (C=O) groups excluding carboxylic acids is 2. The van der Waals surface area contributed by atoms with Crippen molar-refractivity contribution in [3.05, 3.63) is 78.0 Å². The van der Waals surface area contributed by atoms with Crippen molar-refractivity contribution in [1.82, 2.24) is 0 Å². The van der Waals surface area contributed by atoms with Crippen molar-refractivity contribution in [2.75, 3.05) is 6.67 Å². The van der Waals surface area contributed by atoms with E-state index in [-0.39, 0.29) is 18.0 Å². The number of para-hydroxylation sites is 1. The highest BCUT2D eigenvalue weighted by Crippen LogP contribution is 2.12. The zero-order valence-corrected chi connectivity index (χ0v) is 12.4. The Bertz CT molecular complexity index is 875. The van der Waals surface area contributed by atoms with E-state index in [2.05, 4.69) is 0 Å². The Labute approximate surface area is 133 Å². The Hall–Kier alpha value is -2.88. The molecule has 1 aromatic heterocycles. The number of alkyl halides is 1. The maximum Gasteiger partial charge on any atom is 0.257 e. The van der Waals surface area contributed by atoms with Crippen molar-refractivity contribution in [3.63, 3.8) is 0 Å². The third-order valence-corrected chi connectivity index (χ3v) is 3.74. The van der Waals surface area contributed by atoms with E-state index in [9.17, 15) is 14.0 Å². The van der Waals surface area contributed by atoms with Gasteiger partial charge >= 0.3 is 0 Å². The highest BCUT2D eigenvalue weighted by Gasteiger charge is 2.24. The summed E-state index contributed by atoms with van der Waals surface area (Å²) in [4.78, 5) is 24.4. The van der Waals surface area contributed by atoms with Crippen LogP contribution in [-0.2, 0) is 6.54 Å². The molecular formula is C19H15FNO2+. The monoisotopic (exact) mass is 308 g/mol. The zero-order valence-electron chi connectivity index (χ0n) is 12.4. The van der Waals surface area contributed by atoms with Crippen molar-refractivity contribution in [3.8, 4) is 0 Å². The molecule has 4 heteroatoms. The summed E-state index contributed by atoms with van der Waals surface area (Å²) >= 11 is 0. The molecule has 0 unspecified atom stereocenters. The molecule has 0 radical (unpaired) electrons. The molecule has 0 saturated heterocycles. The third-order valence-electron chi connectivity index (χ3n) is 3.74. The molecule has 0 N–H and O–H groups in total. The zero-order chi connectivity index (χ0) is 16.2. The number of hydrogen-bond acceptors (Lipinski definition) is 2. The van der Waals surface area contributed by atoms with Gasteiger partial charge in [-0.25, -0.2) is 4.39 Å². The number of halogens is 1. The number of Topliss-reactive ketones (excluding diaryl/α,β-unsaturated/α-hetero) is 2. The number of hydrogen-bond donors (Lipinski definition) is 0. The minimum Gasteiger partial charge on any atom is -0.287 e. The van der Waals surface area contributed by atoms with Crippen LogP contribution < -0.4 is 4.57 Å². The highest BCUT2D eigenvalue weighted by molar-refractivity contribution is 5.97. The molecule has 1 heterocycles. The fraction of sp³-hybridized carbons (Fsp3) is 0.105. The predicted octanol–water partition coefficient (Wildman–Crippen LogP) is 3.16. The number of fused-ring (bicyclic) bond motifs is 1. The molecule has 0 spiro atoms. The number of pyridine rings is 1. The average molecular weight is 308 g/mol. The summed E-state index contributed by atoms with van der Waals surface area (Å²) in [5.41, 5.74) is 1.50. The van der Waals surface area contributed by atoms with E-state index in [1.54, 1.807) is 41.0 Å². The van der Waals surface area contributed by atoms with Gasteiger partial charge in [0.25, 0.3) is 11.5 Å². The number of ketones is 2. The van der Waals surface area contributed by atoms with Gasteiger partial charge in [0.05, 0.1) is 0 Å². The van der Waals surface area contributed by atoms with Crippen LogP contribution in [0.4, 0.5) is 4.39 Å². The van der Waals surface area contributed by atoms with Gasteiger partial charge in [-0.3, -0.25) is 9.59 Å². The summed E-state index contributed by atoms with van der Waals surface area (Å²) < 4.78 is 14.5. The molecule has 0 amide bonds. The van der Waals surface area contributed by atoms with Gasteiger partial charge in [0.2, 0.25) is 17.8 Å². The minimum absolute atomic E-state index is 0.00750.